The Morgan fingerprint density at radius 1 is 1.38 bits per heavy atom. The summed E-state index contributed by atoms with van der Waals surface area (Å²) < 4.78 is 5.10. The predicted octanol–water partition coefficient (Wildman–Crippen LogP) is 1.17. The number of ether oxygens (including phenoxy) is 1. The van der Waals surface area contributed by atoms with Crippen molar-refractivity contribution in [1.82, 2.24) is 4.90 Å². The molecule has 16 heavy (non-hydrogen) atoms. The number of esters is 1. The number of rotatable bonds is 8. The monoisotopic (exact) mass is 228 g/mol. The van der Waals surface area contributed by atoms with Gasteiger partial charge in [0.2, 0.25) is 0 Å². The maximum Gasteiger partial charge on any atom is 0.333 e. The fourth-order valence-corrected chi connectivity index (χ4v) is 1.13. The van der Waals surface area contributed by atoms with Crippen LogP contribution in [-0.4, -0.2) is 44.7 Å². The zero-order chi connectivity index (χ0) is 12.4. The molecule has 0 aromatic rings. The van der Waals surface area contributed by atoms with Gasteiger partial charge in [-0.3, -0.25) is 0 Å². The average Bonchev–Trinajstić information content (AvgIpc) is 2.23. The third kappa shape index (κ3) is 8.44. The Morgan fingerprint density at radius 2 is 2.06 bits per heavy atom. The number of allylic oxidation sites excluding steroid dienone is 1. The summed E-state index contributed by atoms with van der Waals surface area (Å²) in [7, 11) is 3.90. The van der Waals surface area contributed by atoms with Gasteiger partial charge in [-0.1, -0.05) is 6.08 Å². The zero-order valence-corrected chi connectivity index (χ0v) is 10.7. The van der Waals surface area contributed by atoms with Gasteiger partial charge in [0.05, 0.1) is 0 Å². The van der Waals surface area contributed by atoms with Crippen LogP contribution in [0.2, 0.25) is 0 Å². The van der Waals surface area contributed by atoms with Crippen LogP contribution < -0.4 is 5.73 Å². The molecule has 2 N–H and O–H groups in total. The summed E-state index contributed by atoms with van der Waals surface area (Å²) in [4.78, 5) is 13.4. The van der Waals surface area contributed by atoms with Gasteiger partial charge in [-0.05, 0) is 46.8 Å². The molecule has 0 fully saturated rings. The normalized spacial score (nSPS) is 11.9. The van der Waals surface area contributed by atoms with Gasteiger partial charge in [0.15, 0.2) is 0 Å². The largest absolute Gasteiger partial charge is 0.461 e. The number of unbranched alkanes of at least 4 members (excludes halogenated alkanes) is 2. The van der Waals surface area contributed by atoms with Crippen molar-refractivity contribution < 1.29 is 9.53 Å². The highest BCUT2D eigenvalue weighted by Crippen LogP contribution is 2.02. The Kier molecular flexibility index (Phi) is 8.85. The molecule has 0 rings (SSSR count). The van der Waals surface area contributed by atoms with Crippen LogP contribution in [0.1, 0.15) is 26.2 Å². The van der Waals surface area contributed by atoms with Crippen LogP contribution >= 0.6 is 0 Å². The first kappa shape index (κ1) is 15.1. The van der Waals surface area contributed by atoms with E-state index in [-0.39, 0.29) is 5.97 Å². The number of hydrogen-bond donors (Lipinski definition) is 1. The second-order valence-corrected chi connectivity index (χ2v) is 4.11. The molecule has 0 unspecified atom stereocenters. The topological polar surface area (TPSA) is 55.6 Å². The summed E-state index contributed by atoms with van der Waals surface area (Å²) in [6, 6.07) is 0. The molecule has 0 spiro atoms. The first-order valence-corrected chi connectivity index (χ1v) is 5.76. The number of hydrogen-bond acceptors (Lipinski definition) is 4. The molecule has 0 atom stereocenters. The molecule has 0 bridgehead atoms. The van der Waals surface area contributed by atoms with E-state index in [1.807, 2.05) is 25.1 Å². The summed E-state index contributed by atoms with van der Waals surface area (Å²) in [5.41, 5.74) is 6.07. The highest BCUT2D eigenvalue weighted by molar-refractivity contribution is 5.87. The maximum absolute atomic E-state index is 11.5. The van der Waals surface area contributed by atoms with Gasteiger partial charge in [0, 0.05) is 12.1 Å². The van der Waals surface area contributed by atoms with Crippen molar-refractivity contribution in [2.45, 2.75) is 26.2 Å². The summed E-state index contributed by atoms with van der Waals surface area (Å²) in [6.45, 7) is 3.70. The van der Waals surface area contributed by atoms with E-state index in [9.17, 15) is 4.79 Å². The molecule has 0 saturated heterocycles. The SMILES string of the molecule is CC(=CCCCCN)C(=O)OCCN(C)C. The van der Waals surface area contributed by atoms with Crippen molar-refractivity contribution in [3.05, 3.63) is 11.6 Å². The molecular weight excluding hydrogens is 204 g/mol. The van der Waals surface area contributed by atoms with E-state index in [4.69, 9.17) is 10.5 Å². The van der Waals surface area contributed by atoms with Crippen molar-refractivity contribution in [3.8, 4) is 0 Å². The van der Waals surface area contributed by atoms with Gasteiger partial charge >= 0.3 is 5.97 Å². The average molecular weight is 228 g/mol. The standard InChI is InChI=1S/C12H24N2O2/c1-11(7-5-4-6-8-13)12(15)16-10-9-14(2)3/h7H,4-6,8-10,13H2,1-3H3. The smallest absolute Gasteiger partial charge is 0.333 e. The van der Waals surface area contributed by atoms with Crippen molar-refractivity contribution in [3.63, 3.8) is 0 Å². The minimum Gasteiger partial charge on any atom is -0.461 e. The molecule has 0 radical (unpaired) electrons. The first-order chi connectivity index (χ1) is 7.57. The first-order valence-electron chi connectivity index (χ1n) is 5.76. The quantitative estimate of drug-likeness (QED) is 0.385. The predicted molar refractivity (Wildman–Crippen MR) is 66.2 cm³/mol. The minimum absolute atomic E-state index is 0.213. The Labute approximate surface area is 98.4 Å². The fraction of sp³-hybridized carbons (Fsp3) is 0.750. The van der Waals surface area contributed by atoms with Gasteiger partial charge in [-0.15, -0.1) is 0 Å². The van der Waals surface area contributed by atoms with Gasteiger partial charge in [-0.2, -0.15) is 0 Å². The second-order valence-electron chi connectivity index (χ2n) is 4.11. The van der Waals surface area contributed by atoms with E-state index in [1.54, 1.807) is 6.92 Å². The number of carbonyl (C=O) groups is 1. The van der Waals surface area contributed by atoms with Gasteiger partial charge in [-0.25, -0.2) is 4.79 Å². The number of likely N-dealkylation sites (N-methyl/N-ethyl adjacent to an activating group) is 1. The van der Waals surface area contributed by atoms with E-state index >= 15 is 0 Å². The Hall–Kier alpha value is -0.870. The summed E-state index contributed by atoms with van der Waals surface area (Å²) >= 11 is 0. The molecule has 0 heterocycles. The molecule has 0 aromatic carbocycles. The highest BCUT2D eigenvalue weighted by Gasteiger charge is 2.04. The molecular formula is C12H24N2O2. The fourth-order valence-electron chi connectivity index (χ4n) is 1.13. The Morgan fingerprint density at radius 3 is 2.62 bits per heavy atom. The maximum atomic E-state index is 11.5. The van der Waals surface area contributed by atoms with Gasteiger partial charge in [0.1, 0.15) is 6.61 Å². The van der Waals surface area contributed by atoms with Crippen molar-refractivity contribution in [1.29, 1.82) is 0 Å². The minimum atomic E-state index is -0.213. The van der Waals surface area contributed by atoms with Gasteiger partial charge in [0.25, 0.3) is 0 Å². The van der Waals surface area contributed by atoms with Crippen LogP contribution in [0.3, 0.4) is 0 Å². The van der Waals surface area contributed by atoms with Gasteiger partial charge < -0.3 is 15.4 Å². The van der Waals surface area contributed by atoms with E-state index in [2.05, 4.69) is 0 Å². The van der Waals surface area contributed by atoms with Crippen molar-refractivity contribution in [2.75, 3.05) is 33.8 Å². The molecule has 0 aliphatic carbocycles. The molecule has 0 saturated carbocycles. The molecule has 4 heteroatoms. The number of nitrogens with zero attached hydrogens (tertiary/aromatic N) is 1. The lowest BCUT2D eigenvalue weighted by Crippen LogP contribution is -2.20. The third-order valence-electron chi connectivity index (χ3n) is 2.20. The van der Waals surface area contributed by atoms with E-state index in [1.165, 1.54) is 0 Å². The van der Waals surface area contributed by atoms with Crippen molar-refractivity contribution in [2.24, 2.45) is 5.73 Å². The summed E-state index contributed by atoms with van der Waals surface area (Å²) in [6.07, 6.45) is 4.84. The van der Waals surface area contributed by atoms with Crippen LogP contribution in [-0.2, 0) is 9.53 Å². The van der Waals surface area contributed by atoms with Crippen LogP contribution in [0, 0.1) is 0 Å². The molecule has 0 aliphatic heterocycles. The van der Waals surface area contributed by atoms with E-state index in [0.29, 0.717) is 18.7 Å². The van der Waals surface area contributed by atoms with Crippen LogP contribution in [0.5, 0.6) is 0 Å². The molecule has 0 aliphatic rings. The second kappa shape index (κ2) is 9.36. The zero-order valence-electron chi connectivity index (χ0n) is 10.7. The number of carbonyl (C=O) groups excluding carboxylic acids is 1. The molecule has 4 nitrogen and oxygen atoms in total. The Balaban J connectivity index is 3.71. The Bertz CT molecular complexity index is 225. The van der Waals surface area contributed by atoms with Crippen molar-refractivity contribution >= 4 is 5.97 Å². The van der Waals surface area contributed by atoms with Crippen LogP contribution in [0.15, 0.2) is 11.6 Å². The lowest BCUT2D eigenvalue weighted by molar-refractivity contribution is -0.139. The summed E-state index contributed by atoms with van der Waals surface area (Å²) in [5.74, 6) is -0.213. The third-order valence-corrected chi connectivity index (χ3v) is 2.20. The van der Waals surface area contributed by atoms with E-state index in [0.717, 1.165) is 25.8 Å². The highest BCUT2D eigenvalue weighted by atomic mass is 16.5. The molecule has 0 aromatic heterocycles. The lowest BCUT2D eigenvalue weighted by Gasteiger charge is -2.09. The number of nitrogens with two attached hydrogens (primary N) is 1. The summed E-state index contributed by atoms with van der Waals surface area (Å²) in [5, 5.41) is 0. The van der Waals surface area contributed by atoms with Crippen LogP contribution in [0.4, 0.5) is 0 Å². The molecule has 94 valence electrons. The van der Waals surface area contributed by atoms with E-state index < -0.39 is 0 Å². The molecule has 0 amide bonds. The lowest BCUT2D eigenvalue weighted by atomic mass is 10.2. The van der Waals surface area contributed by atoms with Crippen LogP contribution in [0.25, 0.3) is 0 Å².